The average Bonchev–Trinajstić information content (AvgIpc) is 2.79. The molecule has 0 amide bonds. The van der Waals surface area contributed by atoms with Crippen molar-refractivity contribution in [1.82, 2.24) is 4.90 Å². The number of rotatable bonds is 5. The second-order valence-corrected chi connectivity index (χ2v) is 5.49. The fraction of sp³-hybridized carbons (Fsp3) is 0.600. The van der Waals surface area contributed by atoms with Crippen LogP contribution >= 0.6 is 0 Å². The van der Waals surface area contributed by atoms with Gasteiger partial charge in [0.25, 0.3) is 0 Å². The van der Waals surface area contributed by atoms with Crippen LogP contribution < -0.4 is 10.5 Å². The van der Waals surface area contributed by atoms with Crippen molar-refractivity contribution in [1.29, 1.82) is 0 Å². The van der Waals surface area contributed by atoms with Gasteiger partial charge in [-0.2, -0.15) is 0 Å². The van der Waals surface area contributed by atoms with E-state index in [-0.39, 0.29) is 11.6 Å². The second kappa shape index (κ2) is 5.29. The lowest BCUT2D eigenvalue weighted by molar-refractivity contribution is 0.0855. The minimum absolute atomic E-state index is 0.0676. The molecular weight excluding hydrogens is 224 g/mol. The molecule has 3 nitrogen and oxygen atoms in total. The highest BCUT2D eigenvalue weighted by molar-refractivity contribution is 5.37. The smallest absolute Gasteiger partial charge is 0.123 e. The van der Waals surface area contributed by atoms with Crippen molar-refractivity contribution in [2.45, 2.75) is 38.3 Å². The maximum Gasteiger partial charge on any atom is 0.123 e. The summed E-state index contributed by atoms with van der Waals surface area (Å²) in [6, 6.07) is 8.31. The first-order valence-electron chi connectivity index (χ1n) is 6.75. The Bertz CT molecular complexity index is 376. The molecule has 0 aromatic heterocycles. The lowest BCUT2D eigenvalue weighted by atomic mass is 9.96. The molecule has 2 unspecified atom stereocenters. The number of nitrogens with two attached hydrogens (primary N) is 1. The van der Waals surface area contributed by atoms with Crippen molar-refractivity contribution in [2.24, 2.45) is 5.73 Å². The molecular formula is C15H24N2O. The minimum atomic E-state index is 0.0676. The number of hydrogen-bond acceptors (Lipinski definition) is 3. The van der Waals surface area contributed by atoms with Gasteiger partial charge in [0.15, 0.2) is 0 Å². The molecule has 100 valence electrons. The third kappa shape index (κ3) is 2.52. The van der Waals surface area contributed by atoms with E-state index in [9.17, 15) is 0 Å². The Morgan fingerprint density at radius 3 is 2.78 bits per heavy atom. The molecule has 0 fully saturated rings. The first-order chi connectivity index (χ1) is 8.59. The minimum Gasteiger partial charge on any atom is -0.488 e. The molecule has 1 aliphatic rings. The Morgan fingerprint density at radius 2 is 2.17 bits per heavy atom. The Balaban J connectivity index is 1.97. The monoisotopic (exact) mass is 248 g/mol. The van der Waals surface area contributed by atoms with Crippen LogP contribution in [0.3, 0.4) is 0 Å². The molecule has 1 aromatic rings. The van der Waals surface area contributed by atoms with E-state index < -0.39 is 0 Å². The van der Waals surface area contributed by atoms with E-state index in [1.165, 1.54) is 5.56 Å². The first-order valence-corrected chi connectivity index (χ1v) is 6.75. The largest absolute Gasteiger partial charge is 0.488 e. The topological polar surface area (TPSA) is 38.5 Å². The lowest BCUT2D eigenvalue weighted by Crippen LogP contribution is -2.52. The van der Waals surface area contributed by atoms with Gasteiger partial charge in [0.2, 0.25) is 0 Å². The molecule has 0 saturated heterocycles. The van der Waals surface area contributed by atoms with Gasteiger partial charge >= 0.3 is 0 Å². The van der Waals surface area contributed by atoms with Gasteiger partial charge in [-0.25, -0.2) is 0 Å². The summed E-state index contributed by atoms with van der Waals surface area (Å²) < 4.78 is 5.98. The van der Waals surface area contributed by atoms with Crippen molar-refractivity contribution >= 4 is 0 Å². The first kappa shape index (κ1) is 13.4. The zero-order chi connectivity index (χ0) is 13.2. The lowest BCUT2D eigenvalue weighted by Gasteiger charge is -2.38. The van der Waals surface area contributed by atoms with Crippen molar-refractivity contribution in [3.63, 3.8) is 0 Å². The normalized spacial score (nSPS) is 21.5. The molecule has 18 heavy (non-hydrogen) atoms. The summed E-state index contributed by atoms with van der Waals surface area (Å²) in [6.07, 6.45) is 2.31. The molecule has 2 rings (SSSR count). The molecule has 0 saturated carbocycles. The Labute approximate surface area is 110 Å². The van der Waals surface area contributed by atoms with Gasteiger partial charge in [0, 0.05) is 25.0 Å². The molecule has 1 aliphatic heterocycles. The molecule has 1 aromatic carbocycles. The Hall–Kier alpha value is -1.06. The van der Waals surface area contributed by atoms with Gasteiger partial charge in [-0.3, -0.25) is 4.90 Å². The fourth-order valence-corrected chi connectivity index (χ4v) is 2.45. The van der Waals surface area contributed by atoms with Crippen LogP contribution in [0.1, 0.15) is 25.8 Å². The number of likely N-dealkylation sites (N-methyl/N-ethyl adjacent to an activating group) is 1. The quantitative estimate of drug-likeness (QED) is 0.866. The van der Waals surface area contributed by atoms with Crippen LogP contribution in [0.2, 0.25) is 0 Å². The van der Waals surface area contributed by atoms with Crippen LogP contribution in [0.4, 0.5) is 0 Å². The summed E-state index contributed by atoms with van der Waals surface area (Å²) in [7, 11) is 2.14. The molecule has 3 heteroatoms. The molecule has 0 radical (unpaired) electrons. The van der Waals surface area contributed by atoms with E-state index in [1.807, 2.05) is 6.07 Å². The summed E-state index contributed by atoms with van der Waals surface area (Å²) >= 11 is 0. The zero-order valence-corrected chi connectivity index (χ0v) is 11.6. The third-order valence-electron chi connectivity index (χ3n) is 4.31. The van der Waals surface area contributed by atoms with E-state index in [2.05, 4.69) is 44.0 Å². The Morgan fingerprint density at radius 1 is 1.44 bits per heavy atom. The molecule has 1 heterocycles. The van der Waals surface area contributed by atoms with E-state index >= 15 is 0 Å². The van der Waals surface area contributed by atoms with E-state index in [0.29, 0.717) is 6.54 Å². The van der Waals surface area contributed by atoms with Gasteiger partial charge < -0.3 is 10.5 Å². The standard InChI is InChI=1S/C15H24N2O/c1-4-15(2,11-16)17(3)10-13-9-12-7-5-6-8-14(12)18-13/h5-8,13H,4,9-11,16H2,1-3H3. The van der Waals surface area contributed by atoms with Crippen molar-refractivity contribution < 1.29 is 4.74 Å². The molecule has 2 atom stereocenters. The predicted octanol–water partition coefficient (Wildman–Crippen LogP) is 2.05. The van der Waals surface area contributed by atoms with Gasteiger partial charge in [0.1, 0.15) is 11.9 Å². The second-order valence-electron chi connectivity index (χ2n) is 5.49. The van der Waals surface area contributed by atoms with Crippen molar-refractivity contribution in [3.8, 4) is 5.75 Å². The maximum absolute atomic E-state index is 5.98. The van der Waals surface area contributed by atoms with E-state index in [1.54, 1.807) is 0 Å². The maximum atomic E-state index is 5.98. The summed E-state index contributed by atoms with van der Waals surface area (Å²) in [4.78, 5) is 2.34. The van der Waals surface area contributed by atoms with Gasteiger partial charge in [-0.15, -0.1) is 0 Å². The average molecular weight is 248 g/mol. The molecule has 0 spiro atoms. The Kier molecular flexibility index (Phi) is 3.93. The summed E-state index contributed by atoms with van der Waals surface area (Å²) in [5, 5.41) is 0. The number of ether oxygens (including phenoxy) is 1. The number of fused-ring (bicyclic) bond motifs is 1. The van der Waals surface area contributed by atoms with E-state index in [4.69, 9.17) is 10.5 Å². The SMILES string of the molecule is CCC(C)(CN)N(C)CC1Cc2ccccc2O1. The van der Waals surface area contributed by atoms with Crippen LogP contribution in [0.5, 0.6) is 5.75 Å². The van der Waals surface area contributed by atoms with Gasteiger partial charge in [-0.05, 0) is 32.0 Å². The fourth-order valence-electron chi connectivity index (χ4n) is 2.45. The van der Waals surface area contributed by atoms with Crippen LogP contribution in [0.25, 0.3) is 0 Å². The highest BCUT2D eigenvalue weighted by Crippen LogP contribution is 2.29. The highest BCUT2D eigenvalue weighted by atomic mass is 16.5. The summed E-state index contributed by atoms with van der Waals surface area (Å²) in [5.41, 5.74) is 7.28. The van der Waals surface area contributed by atoms with E-state index in [0.717, 1.165) is 25.1 Å². The van der Waals surface area contributed by atoms with Crippen LogP contribution in [-0.2, 0) is 6.42 Å². The number of para-hydroxylation sites is 1. The molecule has 2 N–H and O–H groups in total. The van der Waals surface area contributed by atoms with Crippen LogP contribution in [0.15, 0.2) is 24.3 Å². The summed E-state index contributed by atoms with van der Waals surface area (Å²) in [5.74, 6) is 1.04. The third-order valence-corrected chi connectivity index (χ3v) is 4.31. The van der Waals surface area contributed by atoms with Gasteiger partial charge in [-0.1, -0.05) is 25.1 Å². The number of benzene rings is 1. The van der Waals surface area contributed by atoms with Crippen LogP contribution in [0, 0.1) is 0 Å². The molecule has 0 bridgehead atoms. The predicted molar refractivity (Wildman–Crippen MR) is 74.9 cm³/mol. The zero-order valence-electron chi connectivity index (χ0n) is 11.6. The van der Waals surface area contributed by atoms with Crippen LogP contribution in [-0.4, -0.2) is 36.7 Å². The van der Waals surface area contributed by atoms with Crippen molar-refractivity contribution in [3.05, 3.63) is 29.8 Å². The number of hydrogen-bond donors (Lipinski definition) is 1. The van der Waals surface area contributed by atoms with Crippen molar-refractivity contribution in [2.75, 3.05) is 20.1 Å². The highest BCUT2D eigenvalue weighted by Gasteiger charge is 2.30. The molecule has 0 aliphatic carbocycles. The number of nitrogens with zero attached hydrogens (tertiary/aromatic N) is 1. The summed E-state index contributed by atoms with van der Waals surface area (Å²) in [6.45, 7) is 6.01. The van der Waals surface area contributed by atoms with Gasteiger partial charge in [0.05, 0.1) is 0 Å².